The van der Waals surface area contributed by atoms with Crippen LogP contribution in [0.2, 0.25) is 0 Å². The second kappa shape index (κ2) is 4.44. The molecule has 1 unspecified atom stereocenters. The number of hydrogen-bond donors (Lipinski definition) is 1. The molecule has 3 rings (SSSR count). The Hall–Kier alpha value is -1.63. The number of ether oxygens (including phenoxy) is 1. The van der Waals surface area contributed by atoms with Gasteiger partial charge in [-0.3, -0.25) is 0 Å². The summed E-state index contributed by atoms with van der Waals surface area (Å²) in [6, 6.07) is 6.35. The molecule has 2 aliphatic rings. The smallest absolute Gasteiger partial charge is 0.206 e. The first kappa shape index (κ1) is 15.3. The lowest BCUT2D eigenvalue weighted by Gasteiger charge is -2.44. The number of rotatable bonds is 1. The van der Waals surface area contributed by atoms with E-state index in [1.54, 1.807) is 18.2 Å². The maximum atomic E-state index is 11.8. The van der Waals surface area contributed by atoms with Gasteiger partial charge < -0.3 is 14.4 Å². The van der Waals surface area contributed by atoms with Crippen LogP contribution in [0.15, 0.2) is 42.0 Å². The number of benzene rings is 1. The minimum absolute atomic E-state index is 0.00597. The van der Waals surface area contributed by atoms with Crippen molar-refractivity contribution < 1.29 is 22.8 Å². The molecule has 0 bridgehead atoms. The van der Waals surface area contributed by atoms with Crippen LogP contribution in [-0.4, -0.2) is 23.7 Å². The first-order chi connectivity index (χ1) is 10.1. The Bertz CT molecular complexity index is 804. The highest BCUT2D eigenvalue weighted by Gasteiger charge is 2.49. The van der Waals surface area contributed by atoms with E-state index >= 15 is 0 Å². The fraction of sp³-hybridized carbons (Fsp3) is 0.375. The van der Waals surface area contributed by atoms with E-state index < -0.39 is 20.7 Å². The number of hydrogen-bond acceptors (Lipinski definition) is 5. The summed E-state index contributed by atoms with van der Waals surface area (Å²) in [6.45, 7) is 7.57. The molecule has 1 aliphatic heterocycles. The molecule has 118 valence electrons. The van der Waals surface area contributed by atoms with Gasteiger partial charge in [-0.25, -0.2) is 8.42 Å². The van der Waals surface area contributed by atoms with Gasteiger partial charge in [-0.2, -0.15) is 0 Å². The highest BCUT2D eigenvalue weighted by atomic mass is 32.2. The Morgan fingerprint density at radius 2 is 1.95 bits per heavy atom. The summed E-state index contributed by atoms with van der Waals surface area (Å²) < 4.78 is 41.3. The highest BCUT2D eigenvalue weighted by Crippen LogP contribution is 2.51. The standard InChI is InChI=1S/C16H18O5S/c1-10-11-8-9-15(2,3)21-14(11)12-6-4-5-7-13(12)16(10,17)22(18,19)20/h4-7,17H,1,8-9H2,2-3H3,(H,18,19,20)/p-1. The van der Waals surface area contributed by atoms with Gasteiger partial charge in [0.25, 0.3) is 0 Å². The van der Waals surface area contributed by atoms with Crippen molar-refractivity contribution in [2.75, 3.05) is 0 Å². The highest BCUT2D eigenvalue weighted by molar-refractivity contribution is 7.86. The van der Waals surface area contributed by atoms with Crippen molar-refractivity contribution in [1.82, 2.24) is 0 Å². The normalized spacial score (nSPS) is 27.0. The predicted molar refractivity (Wildman–Crippen MR) is 80.5 cm³/mol. The van der Waals surface area contributed by atoms with Crippen LogP contribution >= 0.6 is 0 Å². The molecule has 6 heteroatoms. The van der Waals surface area contributed by atoms with Crippen molar-refractivity contribution in [1.29, 1.82) is 0 Å². The molecule has 0 spiro atoms. The van der Waals surface area contributed by atoms with E-state index in [2.05, 4.69) is 6.58 Å². The molecule has 1 aromatic carbocycles. The molecule has 0 aromatic heterocycles. The monoisotopic (exact) mass is 321 g/mol. The topological polar surface area (TPSA) is 86.7 Å². The second-order valence-electron chi connectivity index (χ2n) is 6.29. The van der Waals surface area contributed by atoms with Gasteiger partial charge in [0.05, 0.1) is 0 Å². The van der Waals surface area contributed by atoms with E-state index in [1.165, 1.54) is 6.07 Å². The minimum atomic E-state index is -5.05. The average molecular weight is 321 g/mol. The lowest BCUT2D eigenvalue weighted by atomic mass is 9.79. The minimum Gasteiger partial charge on any atom is -0.745 e. The lowest BCUT2D eigenvalue weighted by molar-refractivity contribution is 0.0516. The maximum absolute atomic E-state index is 11.8. The van der Waals surface area contributed by atoms with Gasteiger partial charge in [0.1, 0.15) is 21.5 Å². The van der Waals surface area contributed by atoms with Crippen LogP contribution in [0.4, 0.5) is 0 Å². The molecule has 0 saturated carbocycles. The molecule has 0 amide bonds. The Kier molecular flexibility index (Phi) is 3.08. The second-order valence-corrected chi connectivity index (χ2v) is 7.79. The average Bonchev–Trinajstić information content (AvgIpc) is 2.42. The first-order valence-corrected chi connectivity index (χ1v) is 8.38. The van der Waals surface area contributed by atoms with Gasteiger partial charge in [0, 0.05) is 22.3 Å². The molecular formula is C16H17O5S-. The summed E-state index contributed by atoms with van der Waals surface area (Å²) in [6.07, 6.45) is 1.13. The van der Waals surface area contributed by atoms with Gasteiger partial charge in [-0.1, -0.05) is 30.8 Å². The van der Waals surface area contributed by atoms with Crippen LogP contribution in [0.3, 0.4) is 0 Å². The molecule has 0 fully saturated rings. The molecular weight excluding hydrogens is 304 g/mol. The summed E-state index contributed by atoms with van der Waals surface area (Å²) >= 11 is 0. The van der Waals surface area contributed by atoms with E-state index in [0.29, 0.717) is 29.7 Å². The van der Waals surface area contributed by atoms with Gasteiger partial charge >= 0.3 is 0 Å². The molecule has 0 saturated heterocycles. The lowest BCUT2D eigenvalue weighted by Crippen LogP contribution is -2.43. The third-order valence-corrected chi connectivity index (χ3v) is 5.49. The largest absolute Gasteiger partial charge is 0.745 e. The van der Waals surface area contributed by atoms with E-state index in [9.17, 15) is 18.1 Å². The fourth-order valence-corrected chi connectivity index (χ4v) is 3.94. The zero-order chi connectivity index (χ0) is 16.3. The van der Waals surface area contributed by atoms with Crippen LogP contribution in [0.25, 0.3) is 5.76 Å². The summed E-state index contributed by atoms with van der Waals surface area (Å²) in [5, 5.41) is 10.7. The van der Waals surface area contributed by atoms with Crippen molar-refractivity contribution >= 4 is 15.9 Å². The van der Waals surface area contributed by atoms with Crippen LogP contribution in [0.5, 0.6) is 0 Å². The Labute approximate surface area is 129 Å². The first-order valence-electron chi connectivity index (χ1n) is 6.97. The Morgan fingerprint density at radius 3 is 2.59 bits per heavy atom. The van der Waals surface area contributed by atoms with E-state index in [0.717, 1.165) is 0 Å². The quantitative estimate of drug-likeness (QED) is 0.802. The van der Waals surface area contributed by atoms with E-state index in [4.69, 9.17) is 4.74 Å². The zero-order valence-corrected chi connectivity index (χ0v) is 13.2. The summed E-state index contributed by atoms with van der Waals surface area (Å²) in [5.41, 5.74) is 0.426. The molecule has 1 N–H and O–H groups in total. The Morgan fingerprint density at radius 1 is 1.32 bits per heavy atom. The molecule has 5 nitrogen and oxygen atoms in total. The van der Waals surface area contributed by atoms with Gasteiger partial charge in [0.15, 0.2) is 0 Å². The third-order valence-electron chi connectivity index (χ3n) is 4.30. The molecule has 1 aliphatic carbocycles. The van der Waals surface area contributed by atoms with Crippen LogP contribution in [-0.2, 0) is 19.8 Å². The fourth-order valence-electron chi connectivity index (χ4n) is 3.06. The molecule has 22 heavy (non-hydrogen) atoms. The van der Waals surface area contributed by atoms with Crippen molar-refractivity contribution in [3.8, 4) is 0 Å². The molecule has 1 heterocycles. The van der Waals surface area contributed by atoms with Gasteiger partial charge in [-0.05, 0) is 26.7 Å². The van der Waals surface area contributed by atoms with Gasteiger partial charge in [-0.15, -0.1) is 0 Å². The molecule has 1 aromatic rings. The molecule has 1 atom stereocenters. The maximum Gasteiger partial charge on any atom is 0.206 e. The van der Waals surface area contributed by atoms with Crippen molar-refractivity contribution in [3.05, 3.63) is 53.1 Å². The Balaban J connectivity index is 2.34. The summed E-state index contributed by atoms with van der Waals surface area (Å²) in [4.78, 5) is -2.65. The van der Waals surface area contributed by atoms with Crippen LogP contribution in [0, 0.1) is 0 Å². The third kappa shape index (κ3) is 1.95. The van der Waals surface area contributed by atoms with Crippen LogP contribution in [0.1, 0.15) is 37.8 Å². The van der Waals surface area contributed by atoms with Crippen LogP contribution < -0.4 is 0 Å². The van der Waals surface area contributed by atoms with Crippen molar-refractivity contribution in [2.24, 2.45) is 0 Å². The van der Waals surface area contributed by atoms with E-state index in [-0.39, 0.29) is 11.1 Å². The van der Waals surface area contributed by atoms with Crippen molar-refractivity contribution in [3.63, 3.8) is 0 Å². The number of fused-ring (bicyclic) bond motifs is 2. The number of aliphatic hydroxyl groups is 1. The summed E-state index contributed by atoms with van der Waals surface area (Å²) in [7, 11) is -5.05. The van der Waals surface area contributed by atoms with Gasteiger partial charge in [0.2, 0.25) is 4.93 Å². The SMILES string of the molecule is C=C1C2=C(OC(C)(C)CC2)c2ccccc2C1(O)S(=O)(=O)[O-]. The summed E-state index contributed by atoms with van der Waals surface area (Å²) in [5.74, 6) is 0.505. The zero-order valence-electron chi connectivity index (χ0n) is 12.4. The van der Waals surface area contributed by atoms with Crippen molar-refractivity contribution in [2.45, 2.75) is 37.2 Å². The van der Waals surface area contributed by atoms with E-state index in [1.807, 2.05) is 13.8 Å². The molecule has 0 radical (unpaired) electrons. The predicted octanol–water partition coefficient (Wildman–Crippen LogP) is 2.25.